The Balaban J connectivity index is 1.30. The van der Waals surface area contributed by atoms with Crippen LogP contribution in [0.1, 0.15) is 5.69 Å². The van der Waals surface area contributed by atoms with Crippen molar-refractivity contribution in [2.24, 2.45) is 11.8 Å². The zero-order valence-corrected chi connectivity index (χ0v) is 18.7. The van der Waals surface area contributed by atoms with Crippen LogP contribution in [0.2, 0.25) is 0 Å². The highest BCUT2D eigenvalue weighted by Gasteiger charge is 2.69. The number of pyridine rings is 1. The summed E-state index contributed by atoms with van der Waals surface area (Å²) in [4.78, 5) is 18.2. The first-order valence-corrected chi connectivity index (χ1v) is 11.1. The normalized spacial score (nSPS) is 27.5. The standard InChI is InChI=1S/C23H22FN5O3S/c1-31-21(33)28-8-15-11-29(22(30)32-15)14-3-4-16(19(24)6-14)13-2-5-20(27-7-13)23(12-25)17-9-26-10-18(17)23/h2-7,15,17-18,26H,8-11H2,1H3,(H,28,33)/t15-,17-,18+,23+/m0/s1. The lowest BCUT2D eigenvalue weighted by Gasteiger charge is -2.15. The van der Waals surface area contributed by atoms with Gasteiger partial charge in [-0.25, -0.2) is 9.18 Å². The van der Waals surface area contributed by atoms with Crippen LogP contribution in [0, 0.1) is 29.0 Å². The molecule has 1 saturated carbocycles. The van der Waals surface area contributed by atoms with Gasteiger partial charge in [-0.1, -0.05) is 6.07 Å². The van der Waals surface area contributed by atoms with Crippen LogP contribution in [0.5, 0.6) is 0 Å². The van der Waals surface area contributed by atoms with Crippen LogP contribution in [-0.2, 0) is 14.9 Å². The molecule has 5 rings (SSSR count). The van der Waals surface area contributed by atoms with E-state index in [0.29, 0.717) is 35.2 Å². The predicted molar refractivity (Wildman–Crippen MR) is 122 cm³/mol. The molecule has 2 N–H and O–H groups in total. The number of rotatable bonds is 5. The van der Waals surface area contributed by atoms with Crippen molar-refractivity contribution in [1.82, 2.24) is 15.6 Å². The maximum Gasteiger partial charge on any atom is 0.414 e. The molecule has 0 spiro atoms. The number of thiocarbonyl (C=S) groups is 1. The van der Waals surface area contributed by atoms with Crippen molar-refractivity contribution in [3.8, 4) is 17.2 Å². The van der Waals surface area contributed by atoms with Gasteiger partial charge in [-0.05, 0) is 36.5 Å². The molecule has 10 heteroatoms. The number of methoxy groups -OCH3 is 1. The second kappa shape index (κ2) is 8.24. The van der Waals surface area contributed by atoms with Gasteiger partial charge in [0.1, 0.15) is 17.3 Å². The van der Waals surface area contributed by atoms with Gasteiger partial charge in [0.25, 0.3) is 5.17 Å². The van der Waals surface area contributed by atoms with Crippen molar-refractivity contribution in [1.29, 1.82) is 5.26 Å². The molecule has 8 nitrogen and oxygen atoms in total. The molecular formula is C23H22FN5O3S. The summed E-state index contributed by atoms with van der Waals surface area (Å²) in [5.74, 6) is 0.113. The van der Waals surface area contributed by atoms with Crippen molar-refractivity contribution in [2.45, 2.75) is 11.5 Å². The Morgan fingerprint density at radius 2 is 2.21 bits per heavy atom. The third-order valence-corrected chi connectivity index (χ3v) is 7.07. The van der Waals surface area contributed by atoms with E-state index in [1.165, 1.54) is 18.1 Å². The summed E-state index contributed by atoms with van der Waals surface area (Å²) in [5, 5.41) is 16.1. The van der Waals surface area contributed by atoms with Gasteiger partial charge in [-0.3, -0.25) is 9.88 Å². The van der Waals surface area contributed by atoms with E-state index >= 15 is 4.39 Å². The van der Waals surface area contributed by atoms with Gasteiger partial charge in [-0.2, -0.15) is 5.26 Å². The number of amides is 1. The molecule has 2 saturated heterocycles. The zero-order valence-electron chi connectivity index (χ0n) is 17.9. The number of cyclic esters (lactones) is 1. The van der Waals surface area contributed by atoms with E-state index in [0.717, 1.165) is 18.8 Å². The average Bonchev–Trinajstić information content (AvgIpc) is 3.13. The molecule has 4 atom stereocenters. The second-order valence-corrected chi connectivity index (χ2v) is 8.81. The van der Waals surface area contributed by atoms with Crippen molar-refractivity contribution in [3.05, 3.63) is 48.0 Å². The SMILES string of the molecule is COC(=S)NC[C@H]1CN(c2ccc(-c3ccc([C@@]4(C#N)[C@@H]5CNC[C@@H]54)nc3)c(F)c2)C(=O)O1. The van der Waals surface area contributed by atoms with E-state index in [2.05, 4.69) is 21.7 Å². The van der Waals surface area contributed by atoms with Crippen LogP contribution in [0.25, 0.3) is 11.1 Å². The molecular weight excluding hydrogens is 445 g/mol. The third kappa shape index (κ3) is 3.57. The first kappa shape index (κ1) is 21.6. The van der Waals surface area contributed by atoms with Crippen LogP contribution in [0.15, 0.2) is 36.5 Å². The minimum atomic E-state index is -0.547. The van der Waals surface area contributed by atoms with Crippen LogP contribution < -0.4 is 15.5 Å². The van der Waals surface area contributed by atoms with E-state index in [9.17, 15) is 10.1 Å². The lowest BCUT2D eigenvalue weighted by Crippen LogP contribution is -2.34. The Morgan fingerprint density at radius 1 is 1.42 bits per heavy atom. The summed E-state index contributed by atoms with van der Waals surface area (Å²) in [6.07, 6.45) is 0.627. The van der Waals surface area contributed by atoms with Gasteiger partial charge < -0.3 is 20.1 Å². The number of anilines is 1. The Morgan fingerprint density at radius 3 is 2.85 bits per heavy atom. The number of nitriles is 1. The fraction of sp³-hybridized carbons (Fsp3) is 0.391. The molecule has 1 aromatic heterocycles. The Bertz CT molecular complexity index is 1140. The highest BCUT2D eigenvalue weighted by Crippen LogP contribution is 2.60. The van der Waals surface area contributed by atoms with Gasteiger partial charge in [0.15, 0.2) is 0 Å². The maximum absolute atomic E-state index is 15.0. The number of nitrogens with zero attached hydrogens (tertiary/aromatic N) is 3. The van der Waals surface area contributed by atoms with Crippen molar-refractivity contribution >= 4 is 29.2 Å². The minimum Gasteiger partial charge on any atom is -0.474 e. The monoisotopic (exact) mass is 467 g/mol. The maximum atomic E-state index is 15.0. The summed E-state index contributed by atoms with van der Waals surface area (Å²) in [6, 6.07) is 10.7. The van der Waals surface area contributed by atoms with Crippen LogP contribution in [0.4, 0.5) is 14.9 Å². The lowest BCUT2D eigenvalue weighted by atomic mass is 9.96. The number of hydrogen-bond donors (Lipinski definition) is 2. The Hall–Kier alpha value is -3.29. The molecule has 2 aromatic rings. The van der Waals surface area contributed by atoms with Gasteiger partial charge >= 0.3 is 6.09 Å². The van der Waals surface area contributed by atoms with Crippen LogP contribution in [-0.4, -0.2) is 55.6 Å². The van der Waals surface area contributed by atoms with E-state index in [-0.39, 0.29) is 11.7 Å². The number of piperidine rings is 1. The van der Waals surface area contributed by atoms with E-state index in [1.54, 1.807) is 24.4 Å². The Kier molecular flexibility index (Phi) is 5.38. The smallest absolute Gasteiger partial charge is 0.414 e. The molecule has 1 aliphatic carbocycles. The number of aromatic nitrogens is 1. The molecule has 3 heterocycles. The number of carbonyl (C=O) groups excluding carboxylic acids is 1. The van der Waals surface area contributed by atoms with Gasteiger partial charge in [0.05, 0.1) is 37.6 Å². The first-order valence-electron chi connectivity index (χ1n) is 10.7. The topological polar surface area (TPSA) is 99.5 Å². The zero-order chi connectivity index (χ0) is 23.2. The molecule has 1 aromatic carbocycles. The van der Waals surface area contributed by atoms with Crippen molar-refractivity contribution in [3.63, 3.8) is 0 Å². The van der Waals surface area contributed by atoms with E-state index in [1.807, 2.05) is 6.07 Å². The largest absolute Gasteiger partial charge is 0.474 e. The number of hydrogen-bond acceptors (Lipinski definition) is 7. The Labute approximate surface area is 195 Å². The molecule has 0 bridgehead atoms. The van der Waals surface area contributed by atoms with Gasteiger partial charge in [0, 0.05) is 42.2 Å². The number of benzene rings is 1. The van der Waals surface area contributed by atoms with E-state index < -0.39 is 23.4 Å². The average molecular weight is 468 g/mol. The molecule has 3 aliphatic rings. The molecule has 170 valence electrons. The molecule has 0 unspecified atom stereocenters. The lowest BCUT2D eigenvalue weighted by molar-refractivity contribution is 0.142. The van der Waals surface area contributed by atoms with Crippen LogP contribution >= 0.6 is 12.2 Å². The number of ether oxygens (including phenoxy) is 2. The summed E-state index contributed by atoms with van der Waals surface area (Å²) < 4.78 is 25.2. The molecule has 2 aliphatic heterocycles. The molecule has 3 fully saturated rings. The minimum absolute atomic E-state index is 0.210. The highest BCUT2D eigenvalue weighted by atomic mass is 32.1. The summed E-state index contributed by atoms with van der Waals surface area (Å²) in [7, 11) is 1.45. The summed E-state index contributed by atoms with van der Waals surface area (Å²) >= 11 is 4.92. The van der Waals surface area contributed by atoms with Crippen molar-refractivity contribution < 1.29 is 18.7 Å². The number of carbonyl (C=O) groups is 1. The number of halogens is 1. The fourth-order valence-corrected chi connectivity index (χ4v) is 5.04. The molecule has 1 amide bonds. The third-order valence-electron chi connectivity index (χ3n) is 6.76. The fourth-order valence-electron chi connectivity index (χ4n) is 4.95. The summed E-state index contributed by atoms with van der Waals surface area (Å²) in [6.45, 7) is 2.22. The number of nitrogens with one attached hydrogen (secondary N) is 2. The van der Waals surface area contributed by atoms with Gasteiger partial charge in [0.2, 0.25) is 0 Å². The van der Waals surface area contributed by atoms with Crippen molar-refractivity contribution in [2.75, 3.05) is 38.2 Å². The second-order valence-electron chi connectivity index (χ2n) is 8.44. The van der Waals surface area contributed by atoms with Gasteiger partial charge in [-0.15, -0.1) is 0 Å². The predicted octanol–water partition coefficient (Wildman–Crippen LogP) is 2.34. The quantitative estimate of drug-likeness (QED) is 0.647. The van der Waals surface area contributed by atoms with Crippen LogP contribution in [0.3, 0.4) is 0 Å². The summed E-state index contributed by atoms with van der Waals surface area (Å²) in [5.41, 5.74) is 1.61. The number of fused-ring (bicyclic) bond motifs is 1. The molecule has 0 radical (unpaired) electrons. The molecule has 33 heavy (non-hydrogen) atoms. The van der Waals surface area contributed by atoms with E-state index in [4.69, 9.17) is 21.7 Å². The first-order chi connectivity index (χ1) is 16.0. The highest BCUT2D eigenvalue weighted by molar-refractivity contribution is 7.80.